The number of aryl methyl sites for hydroxylation is 1. The van der Waals surface area contributed by atoms with Crippen molar-refractivity contribution in [1.82, 2.24) is 15.1 Å². The third kappa shape index (κ3) is 4.39. The van der Waals surface area contributed by atoms with Gasteiger partial charge in [0.1, 0.15) is 0 Å². The zero-order chi connectivity index (χ0) is 16.8. The first-order chi connectivity index (χ1) is 11.7. The lowest BCUT2D eigenvalue weighted by Crippen LogP contribution is -2.42. The van der Waals surface area contributed by atoms with E-state index in [0.29, 0.717) is 51.1 Å². The number of amides is 1. The molecule has 2 aromatic rings. The second-order valence-corrected chi connectivity index (χ2v) is 5.65. The van der Waals surface area contributed by atoms with Crippen molar-refractivity contribution in [2.45, 2.75) is 26.1 Å². The molecule has 7 heteroatoms. The molecule has 0 bridgehead atoms. The third-order valence-corrected chi connectivity index (χ3v) is 3.81. The molecule has 1 fully saturated rings. The first kappa shape index (κ1) is 16.6. The van der Waals surface area contributed by atoms with E-state index in [9.17, 15) is 4.79 Å². The molecule has 1 aliphatic heterocycles. The molecule has 1 unspecified atom stereocenters. The van der Waals surface area contributed by atoms with Crippen LogP contribution < -0.4 is 0 Å². The minimum absolute atomic E-state index is 0.0487. The minimum Gasteiger partial charge on any atom is -0.423 e. The number of hydrogen-bond donors (Lipinski definition) is 0. The predicted molar refractivity (Wildman–Crippen MR) is 85.0 cm³/mol. The number of nitrogens with zero attached hydrogens (tertiary/aromatic N) is 3. The van der Waals surface area contributed by atoms with Crippen LogP contribution in [0, 0.1) is 6.92 Å². The maximum absolute atomic E-state index is 12.3. The van der Waals surface area contributed by atoms with Crippen LogP contribution in [0.25, 0.3) is 0 Å². The van der Waals surface area contributed by atoms with E-state index < -0.39 is 0 Å². The van der Waals surface area contributed by atoms with Gasteiger partial charge in [-0.1, -0.05) is 30.3 Å². The van der Waals surface area contributed by atoms with Crippen LogP contribution in [0.2, 0.25) is 0 Å². The number of rotatable bonds is 6. The summed E-state index contributed by atoms with van der Waals surface area (Å²) in [6.45, 7) is 4.10. The molecule has 0 spiro atoms. The number of ether oxygens (including phenoxy) is 2. The Morgan fingerprint density at radius 1 is 1.33 bits per heavy atom. The highest BCUT2D eigenvalue weighted by Gasteiger charge is 2.28. The van der Waals surface area contributed by atoms with Crippen molar-refractivity contribution in [2.24, 2.45) is 0 Å². The Balaban J connectivity index is 1.43. The van der Waals surface area contributed by atoms with E-state index in [1.807, 2.05) is 30.3 Å². The van der Waals surface area contributed by atoms with E-state index in [1.165, 1.54) is 0 Å². The fourth-order valence-corrected chi connectivity index (χ4v) is 2.55. The maximum Gasteiger partial charge on any atom is 0.246 e. The summed E-state index contributed by atoms with van der Waals surface area (Å²) >= 11 is 0. The summed E-state index contributed by atoms with van der Waals surface area (Å²) in [5, 5.41) is 7.77. The summed E-state index contributed by atoms with van der Waals surface area (Å²) in [6.07, 6.45) is -0.00303. The van der Waals surface area contributed by atoms with Crippen molar-refractivity contribution in [3.05, 3.63) is 47.7 Å². The van der Waals surface area contributed by atoms with Gasteiger partial charge in [-0.05, 0) is 5.56 Å². The van der Waals surface area contributed by atoms with Crippen LogP contribution in [0.4, 0.5) is 0 Å². The largest absolute Gasteiger partial charge is 0.423 e. The summed E-state index contributed by atoms with van der Waals surface area (Å²) in [7, 11) is 0. The molecule has 1 aromatic heterocycles. The molecular formula is C17H21N3O4. The maximum atomic E-state index is 12.3. The molecule has 1 aliphatic rings. The molecule has 1 amide bonds. The van der Waals surface area contributed by atoms with Gasteiger partial charge in [-0.25, -0.2) is 0 Å². The summed E-state index contributed by atoms with van der Waals surface area (Å²) < 4.78 is 16.6. The van der Waals surface area contributed by atoms with Crippen molar-refractivity contribution in [3.63, 3.8) is 0 Å². The summed E-state index contributed by atoms with van der Waals surface area (Å²) in [5.41, 5.74) is 1.10. The molecule has 2 heterocycles. The van der Waals surface area contributed by atoms with E-state index in [1.54, 1.807) is 11.8 Å². The van der Waals surface area contributed by atoms with Crippen LogP contribution >= 0.6 is 0 Å². The van der Waals surface area contributed by atoms with Gasteiger partial charge >= 0.3 is 0 Å². The lowest BCUT2D eigenvalue weighted by molar-refractivity contribution is -0.141. The Morgan fingerprint density at radius 3 is 2.92 bits per heavy atom. The van der Waals surface area contributed by atoms with Gasteiger partial charge in [0, 0.05) is 13.5 Å². The number of morpholine rings is 1. The van der Waals surface area contributed by atoms with Gasteiger partial charge < -0.3 is 18.8 Å². The second-order valence-electron chi connectivity index (χ2n) is 5.65. The van der Waals surface area contributed by atoms with Gasteiger partial charge in [0.05, 0.1) is 32.8 Å². The first-order valence-electron chi connectivity index (χ1n) is 8.03. The van der Waals surface area contributed by atoms with Crippen LogP contribution in [0.5, 0.6) is 0 Å². The van der Waals surface area contributed by atoms with Crippen LogP contribution in [0.1, 0.15) is 29.9 Å². The number of aromatic nitrogens is 2. The number of carbonyl (C=O) groups is 1. The highest BCUT2D eigenvalue weighted by Crippen LogP contribution is 2.21. The van der Waals surface area contributed by atoms with Crippen LogP contribution in [-0.4, -0.2) is 47.3 Å². The molecule has 24 heavy (non-hydrogen) atoms. The topological polar surface area (TPSA) is 77.7 Å². The molecule has 1 saturated heterocycles. The van der Waals surface area contributed by atoms with Crippen molar-refractivity contribution in [1.29, 1.82) is 0 Å². The Labute approximate surface area is 140 Å². The highest BCUT2D eigenvalue weighted by atomic mass is 16.5. The zero-order valence-corrected chi connectivity index (χ0v) is 13.7. The van der Waals surface area contributed by atoms with Crippen molar-refractivity contribution < 1.29 is 18.7 Å². The summed E-state index contributed by atoms with van der Waals surface area (Å²) in [5.74, 6) is 0.962. The molecular weight excluding hydrogens is 310 g/mol. The highest BCUT2D eigenvalue weighted by molar-refractivity contribution is 5.76. The van der Waals surface area contributed by atoms with E-state index in [0.717, 1.165) is 5.56 Å². The Morgan fingerprint density at radius 2 is 2.17 bits per heavy atom. The third-order valence-electron chi connectivity index (χ3n) is 3.81. The van der Waals surface area contributed by atoms with Crippen molar-refractivity contribution >= 4 is 5.91 Å². The Bertz CT molecular complexity index is 659. The number of benzene rings is 1. The fraction of sp³-hybridized carbons (Fsp3) is 0.471. The zero-order valence-electron chi connectivity index (χ0n) is 13.7. The van der Waals surface area contributed by atoms with Crippen molar-refractivity contribution in [2.75, 3.05) is 26.3 Å². The molecule has 1 aromatic carbocycles. The quantitative estimate of drug-likeness (QED) is 0.752. The van der Waals surface area contributed by atoms with Gasteiger partial charge in [0.25, 0.3) is 0 Å². The van der Waals surface area contributed by atoms with Crippen LogP contribution in [0.15, 0.2) is 34.7 Å². The average molecular weight is 331 g/mol. The number of carbonyl (C=O) groups excluding carboxylic acids is 1. The van der Waals surface area contributed by atoms with Crippen LogP contribution in [0.3, 0.4) is 0 Å². The van der Waals surface area contributed by atoms with Gasteiger partial charge in [0.2, 0.25) is 17.7 Å². The molecule has 7 nitrogen and oxygen atoms in total. The molecule has 128 valence electrons. The predicted octanol–water partition coefficient (Wildman–Crippen LogP) is 1.88. The smallest absolute Gasteiger partial charge is 0.246 e. The van der Waals surface area contributed by atoms with E-state index in [4.69, 9.17) is 13.9 Å². The SMILES string of the molecule is Cc1nnc(C2CN(C(=O)CCOCc3ccccc3)CCO2)o1. The monoisotopic (exact) mass is 331 g/mol. The van der Waals surface area contributed by atoms with Crippen molar-refractivity contribution in [3.8, 4) is 0 Å². The lowest BCUT2D eigenvalue weighted by atomic mass is 10.2. The van der Waals surface area contributed by atoms with E-state index in [-0.39, 0.29) is 12.0 Å². The van der Waals surface area contributed by atoms with Gasteiger partial charge in [-0.2, -0.15) is 0 Å². The van der Waals surface area contributed by atoms with E-state index in [2.05, 4.69) is 10.2 Å². The van der Waals surface area contributed by atoms with Gasteiger partial charge in [0.15, 0.2) is 6.10 Å². The normalized spacial score (nSPS) is 17.9. The first-order valence-corrected chi connectivity index (χ1v) is 8.03. The molecule has 0 aliphatic carbocycles. The molecule has 1 atom stereocenters. The molecule has 0 saturated carbocycles. The molecule has 0 N–H and O–H groups in total. The Hall–Kier alpha value is -2.25. The summed E-state index contributed by atoms with van der Waals surface area (Å²) in [4.78, 5) is 14.1. The van der Waals surface area contributed by atoms with Gasteiger partial charge in [-0.15, -0.1) is 10.2 Å². The lowest BCUT2D eigenvalue weighted by Gasteiger charge is -2.31. The Kier molecular flexibility index (Phi) is 5.55. The minimum atomic E-state index is -0.353. The molecule has 0 radical (unpaired) electrons. The molecule has 3 rings (SSSR count). The van der Waals surface area contributed by atoms with E-state index >= 15 is 0 Å². The van der Waals surface area contributed by atoms with Crippen LogP contribution in [-0.2, 0) is 20.9 Å². The average Bonchev–Trinajstić information content (AvgIpc) is 3.06. The number of hydrogen-bond acceptors (Lipinski definition) is 6. The standard InChI is InChI=1S/C17H21N3O4/c1-13-18-19-17(24-13)15-11-20(8-10-23-15)16(21)7-9-22-12-14-5-3-2-4-6-14/h2-6,15H,7-12H2,1H3. The second kappa shape index (κ2) is 8.03. The fourth-order valence-electron chi connectivity index (χ4n) is 2.55. The van der Waals surface area contributed by atoms with Gasteiger partial charge in [-0.3, -0.25) is 4.79 Å². The summed E-state index contributed by atoms with van der Waals surface area (Å²) in [6, 6.07) is 9.90.